The quantitative estimate of drug-likeness (QED) is 0.129. The Balaban J connectivity index is 2.00. The van der Waals surface area contributed by atoms with E-state index in [1.807, 2.05) is 89.3 Å². The Bertz CT molecular complexity index is 1300. The normalized spacial score (nSPS) is 14.5. The van der Waals surface area contributed by atoms with E-state index in [4.69, 9.17) is 9.15 Å². The third-order valence-electron chi connectivity index (χ3n) is 7.87. The van der Waals surface area contributed by atoms with E-state index in [-0.39, 0.29) is 36.7 Å². The van der Waals surface area contributed by atoms with Gasteiger partial charge in [0.15, 0.2) is 6.61 Å². The fourth-order valence-electron chi connectivity index (χ4n) is 5.18. The Morgan fingerprint density at radius 3 is 2.16 bits per heavy atom. The van der Waals surface area contributed by atoms with Gasteiger partial charge in [0, 0.05) is 12.5 Å². The van der Waals surface area contributed by atoms with Gasteiger partial charge >= 0.3 is 6.09 Å². The maximum absolute atomic E-state index is 13.5. The lowest BCUT2D eigenvalue weighted by molar-refractivity contribution is -0.132. The molecular formula is C36H57N5O7S. The van der Waals surface area contributed by atoms with Crippen molar-refractivity contribution >= 4 is 35.6 Å². The summed E-state index contributed by atoms with van der Waals surface area (Å²) < 4.78 is 11.0. The lowest BCUT2D eigenvalue weighted by Gasteiger charge is -2.30. The average Bonchev–Trinajstić information content (AvgIpc) is 3.49. The van der Waals surface area contributed by atoms with Crippen molar-refractivity contribution in [1.82, 2.24) is 26.2 Å². The Morgan fingerprint density at radius 1 is 0.878 bits per heavy atom. The minimum absolute atomic E-state index is 0.0594. The van der Waals surface area contributed by atoms with E-state index in [2.05, 4.69) is 21.3 Å². The minimum atomic E-state index is -1.06. The number of aliphatic hydroxyl groups excluding tert-OH is 1. The fraction of sp³-hybridized carbons (Fsp3) is 0.611. The first-order valence-electron chi connectivity index (χ1n) is 16.9. The molecule has 1 aromatic heterocycles. The van der Waals surface area contributed by atoms with Gasteiger partial charge in [-0.2, -0.15) is 11.8 Å². The topological polar surface area (TPSA) is 162 Å². The van der Waals surface area contributed by atoms with Crippen LogP contribution in [0.5, 0.6) is 0 Å². The van der Waals surface area contributed by atoms with Crippen molar-refractivity contribution in [2.24, 2.45) is 17.8 Å². The molecule has 5 N–H and O–H groups in total. The number of aliphatic hydroxyl groups is 1. The molecule has 1 heterocycles. The van der Waals surface area contributed by atoms with Crippen LogP contribution in [0.2, 0.25) is 0 Å². The van der Waals surface area contributed by atoms with Crippen LogP contribution in [0.3, 0.4) is 0 Å². The maximum atomic E-state index is 13.5. The third kappa shape index (κ3) is 15.7. The molecule has 5 atom stereocenters. The Labute approximate surface area is 295 Å². The highest BCUT2D eigenvalue weighted by Gasteiger charge is 2.31. The first-order chi connectivity index (χ1) is 23.2. The number of nitrogens with one attached hydrogen (secondary N) is 4. The summed E-state index contributed by atoms with van der Waals surface area (Å²) in [6.45, 7) is 10.2. The van der Waals surface area contributed by atoms with Gasteiger partial charge in [-0.3, -0.25) is 14.4 Å². The SMILES string of the molecule is CSCC[C@H](NC(=O)OCc1ccc(CN(C)C)o1)C(=O)N[C@@H](CC(C)C)[C@@H](O)CC(C)C(=O)N[C@H](C(=O)NCc1ccccc1)C(C)C. The van der Waals surface area contributed by atoms with Gasteiger partial charge in [-0.05, 0) is 74.9 Å². The molecule has 0 fully saturated rings. The van der Waals surface area contributed by atoms with E-state index in [1.54, 1.807) is 13.0 Å². The molecule has 13 heteroatoms. The molecule has 0 aliphatic heterocycles. The largest absolute Gasteiger partial charge is 0.461 e. The zero-order chi connectivity index (χ0) is 36.5. The van der Waals surface area contributed by atoms with Crippen molar-refractivity contribution in [1.29, 1.82) is 0 Å². The van der Waals surface area contributed by atoms with Gasteiger partial charge in [-0.1, -0.05) is 65.0 Å². The van der Waals surface area contributed by atoms with Gasteiger partial charge in [-0.25, -0.2) is 4.79 Å². The monoisotopic (exact) mass is 703 g/mol. The summed E-state index contributed by atoms with van der Waals surface area (Å²) >= 11 is 1.54. The lowest BCUT2D eigenvalue weighted by Crippen LogP contribution is -2.54. The second kappa shape index (κ2) is 21.5. The van der Waals surface area contributed by atoms with Crippen LogP contribution >= 0.6 is 11.8 Å². The van der Waals surface area contributed by atoms with Gasteiger partial charge < -0.3 is 40.4 Å². The number of amides is 4. The number of ether oxygens (including phenoxy) is 1. The van der Waals surface area contributed by atoms with E-state index in [9.17, 15) is 24.3 Å². The number of hydrogen-bond donors (Lipinski definition) is 5. The summed E-state index contributed by atoms with van der Waals surface area (Å²) in [4.78, 5) is 54.4. The highest BCUT2D eigenvalue weighted by molar-refractivity contribution is 7.98. The summed E-state index contributed by atoms with van der Waals surface area (Å²) in [5.74, 6) is 0.0431. The molecule has 1 aromatic carbocycles. The van der Waals surface area contributed by atoms with Crippen molar-refractivity contribution in [2.75, 3.05) is 26.1 Å². The van der Waals surface area contributed by atoms with Crippen LogP contribution in [-0.2, 0) is 38.8 Å². The van der Waals surface area contributed by atoms with Gasteiger partial charge in [0.25, 0.3) is 0 Å². The Kier molecular flexibility index (Phi) is 18.3. The molecular weight excluding hydrogens is 646 g/mol. The standard InChI is InChI=1S/C36H57N5O7S/c1-23(2)18-30(31(42)19-25(5)33(43)40-32(24(3)4)35(45)37-20-26-12-10-9-11-13-26)38-34(44)29(16-17-49-8)39-36(46)47-22-28-15-14-27(48-28)21-41(6)7/h9-15,23-25,29-32,42H,16-22H2,1-8H3,(H,37,45)(H,38,44)(H,39,46)(H,40,43)/t25?,29-,30-,31-,32-/m0/s1. The smallest absolute Gasteiger partial charge is 0.408 e. The van der Waals surface area contributed by atoms with Crippen LogP contribution in [-0.4, -0.2) is 84.2 Å². The van der Waals surface area contributed by atoms with Crippen LogP contribution in [0, 0.1) is 17.8 Å². The highest BCUT2D eigenvalue weighted by atomic mass is 32.2. The van der Waals surface area contributed by atoms with E-state index in [0.717, 1.165) is 11.3 Å². The Morgan fingerprint density at radius 2 is 1.55 bits per heavy atom. The summed E-state index contributed by atoms with van der Waals surface area (Å²) in [5, 5.41) is 22.6. The van der Waals surface area contributed by atoms with Crippen LogP contribution in [0.1, 0.15) is 71.0 Å². The second-order valence-electron chi connectivity index (χ2n) is 13.5. The molecule has 1 unspecified atom stereocenters. The number of alkyl carbamates (subject to hydrolysis) is 1. The molecule has 0 bridgehead atoms. The van der Waals surface area contributed by atoms with Gasteiger partial charge in [-0.15, -0.1) is 0 Å². The number of hydrogen-bond acceptors (Lipinski definition) is 9. The number of carbonyl (C=O) groups is 4. The molecule has 0 radical (unpaired) electrons. The average molecular weight is 704 g/mol. The number of rotatable bonds is 21. The van der Waals surface area contributed by atoms with Crippen LogP contribution < -0.4 is 21.3 Å². The molecule has 12 nitrogen and oxygen atoms in total. The minimum Gasteiger partial charge on any atom is -0.461 e. The van der Waals surface area contributed by atoms with Crippen LogP contribution in [0.4, 0.5) is 4.79 Å². The molecule has 0 saturated carbocycles. The number of furan rings is 1. The van der Waals surface area contributed by atoms with Gasteiger partial charge in [0.1, 0.15) is 23.6 Å². The number of thioether (sulfide) groups is 1. The number of benzene rings is 1. The second-order valence-corrected chi connectivity index (χ2v) is 14.5. The van der Waals surface area contributed by atoms with Crippen LogP contribution in [0.25, 0.3) is 0 Å². The number of carbonyl (C=O) groups excluding carboxylic acids is 4. The first-order valence-corrected chi connectivity index (χ1v) is 18.3. The summed E-state index contributed by atoms with van der Waals surface area (Å²) in [7, 11) is 3.85. The molecule has 2 aromatic rings. The first kappa shape index (κ1) is 41.6. The molecule has 0 spiro atoms. The zero-order valence-corrected chi connectivity index (χ0v) is 31.1. The molecule has 0 aliphatic rings. The molecule has 4 amide bonds. The van der Waals surface area contributed by atoms with E-state index >= 15 is 0 Å². The molecule has 2 rings (SSSR count). The van der Waals surface area contributed by atoms with E-state index < -0.39 is 42.1 Å². The van der Waals surface area contributed by atoms with Gasteiger partial charge in [0.2, 0.25) is 17.7 Å². The molecule has 0 saturated heterocycles. The third-order valence-corrected chi connectivity index (χ3v) is 8.51. The van der Waals surface area contributed by atoms with Crippen LogP contribution in [0.15, 0.2) is 46.9 Å². The van der Waals surface area contributed by atoms with E-state index in [1.165, 1.54) is 11.8 Å². The number of nitrogens with zero attached hydrogens (tertiary/aromatic N) is 1. The van der Waals surface area contributed by atoms with Crippen molar-refractivity contribution in [3.8, 4) is 0 Å². The molecule has 0 aliphatic carbocycles. The lowest BCUT2D eigenvalue weighted by atomic mass is 9.91. The molecule has 49 heavy (non-hydrogen) atoms. The zero-order valence-electron chi connectivity index (χ0n) is 30.3. The maximum Gasteiger partial charge on any atom is 0.408 e. The predicted octanol–water partition coefficient (Wildman–Crippen LogP) is 4.06. The van der Waals surface area contributed by atoms with Crippen molar-refractivity contribution < 1.29 is 33.4 Å². The van der Waals surface area contributed by atoms with E-state index in [0.29, 0.717) is 37.4 Å². The van der Waals surface area contributed by atoms with Crippen molar-refractivity contribution in [2.45, 2.75) is 97.8 Å². The molecule has 274 valence electrons. The van der Waals surface area contributed by atoms with Gasteiger partial charge in [0.05, 0.1) is 18.7 Å². The fourth-order valence-corrected chi connectivity index (χ4v) is 5.66. The predicted molar refractivity (Wildman–Crippen MR) is 192 cm³/mol. The van der Waals surface area contributed by atoms with Crippen molar-refractivity contribution in [3.63, 3.8) is 0 Å². The summed E-state index contributed by atoms with van der Waals surface area (Å²) in [6.07, 6.45) is 0.951. The summed E-state index contributed by atoms with van der Waals surface area (Å²) in [5.41, 5.74) is 0.949. The summed E-state index contributed by atoms with van der Waals surface area (Å²) in [6, 6.07) is 10.8. The van der Waals surface area contributed by atoms with Crippen molar-refractivity contribution in [3.05, 3.63) is 59.5 Å². The Hall–Kier alpha value is -3.55. The highest BCUT2D eigenvalue weighted by Crippen LogP contribution is 2.17.